The van der Waals surface area contributed by atoms with Gasteiger partial charge in [0.25, 0.3) is 0 Å². The summed E-state index contributed by atoms with van der Waals surface area (Å²) in [6, 6.07) is 10.2. The Kier molecular flexibility index (Phi) is 5.01. The summed E-state index contributed by atoms with van der Waals surface area (Å²) in [7, 11) is 0. The maximum absolute atomic E-state index is 11.3. The van der Waals surface area contributed by atoms with E-state index in [0.717, 1.165) is 12.8 Å². The number of carbonyl (C=O) groups is 1. The first-order valence-electron chi connectivity index (χ1n) is 5.96. The van der Waals surface area contributed by atoms with E-state index in [0.29, 0.717) is 6.61 Å². The molecule has 1 rings (SSSR count). The Morgan fingerprint density at radius 2 is 1.88 bits per heavy atom. The molecule has 0 aliphatic carbocycles. The zero-order valence-corrected chi connectivity index (χ0v) is 10.8. The Morgan fingerprint density at radius 3 is 2.47 bits per heavy atom. The van der Waals surface area contributed by atoms with E-state index in [2.05, 4.69) is 17.4 Å². The number of amides is 1. The lowest BCUT2D eigenvalue weighted by Gasteiger charge is -2.19. The van der Waals surface area contributed by atoms with Gasteiger partial charge in [-0.1, -0.05) is 30.3 Å². The van der Waals surface area contributed by atoms with Crippen molar-refractivity contribution in [3.63, 3.8) is 0 Å². The van der Waals surface area contributed by atoms with Crippen LogP contribution in [-0.2, 0) is 11.2 Å². The van der Waals surface area contributed by atoms with Crippen LogP contribution < -0.4 is 5.32 Å². The summed E-state index contributed by atoms with van der Waals surface area (Å²) in [5.41, 5.74) is 1.03. The number of rotatable bonds is 4. The second kappa shape index (κ2) is 6.28. The van der Waals surface area contributed by atoms with Crippen LogP contribution in [0.4, 0.5) is 4.79 Å². The number of benzene rings is 1. The summed E-state index contributed by atoms with van der Waals surface area (Å²) in [4.78, 5) is 11.3. The first-order chi connectivity index (χ1) is 7.97. The van der Waals surface area contributed by atoms with Crippen LogP contribution in [0.25, 0.3) is 0 Å². The highest BCUT2D eigenvalue weighted by molar-refractivity contribution is 5.67. The molecule has 0 spiro atoms. The number of nitrogens with one attached hydrogen (secondary N) is 1. The van der Waals surface area contributed by atoms with Crippen molar-refractivity contribution in [3.05, 3.63) is 35.9 Å². The van der Waals surface area contributed by atoms with Crippen LogP contribution in [0.1, 0.15) is 32.8 Å². The first-order valence-corrected chi connectivity index (χ1v) is 5.96. The molecule has 1 aromatic rings. The Balaban J connectivity index is 2.14. The molecule has 0 fully saturated rings. The highest BCUT2D eigenvalue weighted by atomic mass is 16.5. The fourth-order valence-corrected chi connectivity index (χ4v) is 1.43. The SMILES string of the molecule is CC(C)(C)NC(=O)OCCCc1ccccc1. The van der Waals surface area contributed by atoms with E-state index in [9.17, 15) is 4.79 Å². The summed E-state index contributed by atoms with van der Waals surface area (Å²) in [5.74, 6) is 0. The molecule has 0 radical (unpaired) electrons. The van der Waals surface area contributed by atoms with Crippen molar-refractivity contribution < 1.29 is 9.53 Å². The minimum Gasteiger partial charge on any atom is -0.450 e. The molecule has 0 atom stereocenters. The third kappa shape index (κ3) is 6.61. The van der Waals surface area contributed by atoms with Gasteiger partial charge in [0, 0.05) is 5.54 Å². The van der Waals surface area contributed by atoms with Gasteiger partial charge in [0.1, 0.15) is 0 Å². The summed E-state index contributed by atoms with van der Waals surface area (Å²) < 4.78 is 5.09. The van der Waals surface area contributed by atoms with Crippen molar-refractivity contribution in [2.75, 3.05) is 6.61 Å². The van der Waals surface area contributed by atoms with Crippen LogP contribution in [-0.4, -0.2) is 18.2 Å². The van der Waals surface area contributed by atoms with E-state index in [1.807, 2.05) is 39.0 Å². The largest absolute Gasteiger partial charge is 0.450 e. The lowest BCUT2D eigenvalue weighted by Crippen LogP contribution is -2.41. The molecular weight excluding hydrogens is 214 g/mol. The summed E-state index contributed by atoms with van der Waals surface area (Å²) in [6.45, 7) is 6.24. The number of hydrogen-bond acceptors (Lipinski definition) is 2. The summed E-state index contributed by atoms with van der Waals surface area (Å²) in [5, 5.41) is 2.76. The predicted molar refractivity (Wildman–Crippen MR) is 69.0 cm³/mol. The molecule has 17 heavy (non-hydrogen) atoms. The van der Waals surface area contributed by atoms with Gasteiger partial charge in [-0.3, -0.25) is 0 Å². The first kappa shape index (κ1) is 13.6. The Bertz CT molecular complexity index is 341. The number of ether oxygens (including phenoxy) is 1. The van der Waals surface area contributed by atoms with Crippen LogP contribution in [0.2, 0.25) is 0 Å². The van der Waals surface area contributed by atoms with E-state index in [-0.39, 0.29) is 11.6 Å². The Labute approximate surface area is 103 Å². The van der Waals surface area contributed by atoms with Crippen molar-refractivity contribution in [1.82, 2.24) is 5.32 Å². The lowest BCUT2D eigenvalue weighted by atomic mass is 10.1. The fourth-order valence-electron chi connectivity index (χ4n) is 1.43. The minimum absolute atomic E-state index is 0.240. The van der Waals surface area contributed by atoms with Crippen molar-refractivity contribution in [2.45, 2.75) is 39.2 Å². The van der Waals surface area contributed by atoms with Gasteiger partial charge in [0.2, 0.25) is 0 Å². The van der Waals surface area contributed by atoms with E-state index in [1.165, 1.54) is 5.56 Å². The number of hydrogen-bond donors (Lipinski definition) is 1. The standard InChI is InChI=1S/C14H21NO2/c1-14(2,3)15-13(16)17-11-7-10-12-8-5-4-6-9-12/h4-6,8-9H,7,10-11H2,1-3H3,(H,15,16). The van der Waals surface area contributed by atoms with Gasteiger partial charge in [0.05, 0.1) is 6.61 Å². The molecule has 0 aromatic heterocycles. The minimum atomic E-state index is -0.342. The Morgan fingerprint density at radius 1 is 1.24 bits per heavy atom. The van der Waals surface area contributed by atoms with E-state index < -0.39 is 0 Å². The topological polar surface area (TPSA) is 38.3 Å². The second-order valence-corrected chi connectivity index (χ2v) is 5.10. The van der Waals surface area contributed by atoms with Crippen LogP contribution in [0.3, 0.4) is 0 Å². The van der Waals surface area contributed by atoms with E-state index >= 15 is 0 Å². The molecule has 1 aromatic carbocycles. The number of alkyl carbamates (subject to hydrolysis) is 1. The van der Waals surface area contributed by atoms with E-state index in [1.54, 1.807) is 0 Å². The molecule has 1 amide bonds. The molecule has 3 heteroatoms. The van der Waals surface area contributed by atoms with Crippen LogP contribution >= 0.6 is 0 Å². The van der Waals surface area contributed by atoms with Gasteiger partial charge in [-0.25, -0.2) is 4.79 Å². The van der Waals surface area contributed by atoms with Gasteiger partial charge >= 0.3 is 6.09 Å². The van der Waals surface area contributed by atoms with Crippen molar-refractivity contribution in [1.29, 1.82) is 0 Å². The zero-order valence-electron chi connectivity index (χ0n) is 10.8. The molecule has 0 saturated heterocycles. The average Bonchev–Trinajstić information content (AvgIpc) is 2.23. The molecular formula is C14H21NO2. The quantitative estimate of drug-likeness (QED) is 0.814. The van der Waals surface area contributed by atoms with Gasteiger partial charge < -0.3 is 10.1 Å². The highest BCUT2D eigenvalue weighted by Gasteiger charge is 2.13. The summed E-state index contributed by atoms with van der Waals surface area (Å²) in [6.07, 6.45) is 1.44. The van der Waals surface area contributed by atoms with Crippen LogP contribution in [0.5, 0.6) is 0 Å². The smallest absolute Gasteiger partial charge is 0.407 e. The van der Waals surface area contributed by atoms with Crippen LogP contribution in [0.15, 0.2) is 30.3 Å². The monoisotopic (exact) mass is 235 g/mol. The Hall–Kier alpha value is -1.51. The normalized spacial score (nSPS) is 11.0. The van der Waals surface area contributed by atoms with Crippen molar-refractivity contribution in [2.24, 2.45) is 0 Å². The molecule has 94 valence electrons. The second-order valence-electron chi connectivity index (χ2n) is 5.10. The van der Waals surface area contributed by atoms with Gasteiger partial charge in [0.15, 0.2) is 0 Å². The highest BCUT2D eigenvalue weighted by Crippen LogP contribution is 2.03. The molecule has 0 aliphatic heterocycles. The molecule has 0 heterocycles. The van der Waals surface area contributed by atoms with Gasteiger partial charge in [-0.15, -0.1) is 0 Å². The zero-order chi connectivity index (χ0) is 12.7. The average molecular weight is 235 g/mol. The molecule has 0 unspecified atom stereocenters. The number of carbonyl (C=O) groups excluding carboxylic acids is 1. The van der Waals surface area contributed by atoms with Crippen molar-refractivity contribution >= 4 is 6.09 Å². The van der Waals surface area contributed by atoms with Crippen LogP contribution in [0, 0.1) is 0 Å². The maximum atomic E-state index is 11.3. The third-order valence-electron chi connectivity index (χ3n) is 2.16. The molecule has 3 nitrogen and oxygen atoms in total. The maximum Gasteiger partial charge on any atom is 0.407 e. The lowest BCUT2D eigenvalue weighted by molar-refractivity contribution is 0.136. The number of aryl methyl sites for hydroxylation is 1. The van der Waals surface area contributed by atoms with E-state index in [4.69, 9.17) is 4.74 Å². The molecule has 0 bridgehead atoms. The van der Waals surface area contributed by atoms with Gasteiger partial charge in [-0.2, -0.15) is 0 Å². The fraction of sp³-hybridized carbons (Fsp3) is 0.500. The predicted octanol–water partition coefficient (Wildman–Crippen LogP) is 3.14. The summed E-state index contributed by atoms with van der Waals surface area (Å²) >= 11 is 0. The molecule has 0 saturated carbocycles. The molecule has 1 N–H and O–H groups in total. The van der Waals surface area contributed by atoms with Gasteiger partial charge in [-0.05, 0) is 39.2 Å². The molecule has 0 aliphatic rings. The van der Waals surface area contributed by atoms with Crippen molar-refractivity contribution in [3.8, 4) is 0 Å². The third-order valence-corrected chi connectivity index (χ3v) is 2.16.